The van der Waals surface area contributed by atoms with E-state index in [1.54, 1.807) is 43.5 Å². The van der Waals surface area contributed by atoms with Crippen LogP contribution < -0.4 is 15.8 Å². The molecule has 43 heavy (non-hydrogen) atoms. The number of rotatable bonds is 8. The van der Waals surface area contributed by atoms with Crippen LogP contribution in [0.3, 0.4) is 0 Å². The fourth-order valence-electron chi connectivity index (χ4n) is 4.75. The molecule has 2 saturated carbocycles. The fourth-order valence-corrected chi connectivity index (χ4v) is 4.75. The summed E-state index contributed by atoms with van der Waals surface area (Å²) in [4.78, 5) is 0. The highest BCUT2D eigenvalue weighted by Crippen LogP contribution is 2.28. The predicted molar refractivity (Wildman–Crippen MR) is 168 cm³/mol. The Morgan fingerprint density at radius 2 is 1.26 bits per heavy atom. The Bertz CT molecular complexity index is 1450. The molecule has 4 aromatic rings. The fraction of sp³-hybridized carbons (Fsp3) is 0.333. The number of nitrogens with one attached hydrogen (secondary N) is 1. The van der Waals surface area contributed by atoms with Crippen LogP contribution in [0.15, 0.2) is 84.9 Å². The maximum absolute atomic E-state index is 14.1. The largest absolute Gasteiger partial charge is 0.497 e. The number of aliphatic hydroxyl groups excluding tert-OH is 2. The van der Waals surface area contributed by atoms with Gasteiger partial charge in [-0.3, -0.25) is 0 Å². The van der Waals surface area contributed by atoms with Crippen LogP contribution in [0.25, 0.3) is 22.3 Å². The quantitative estimate of drug-likeness (QED) is 0.176. The van der Waals surface area contributed by atoms with E-state index in [9.17, 15) is 13.9 Å². The summed E-state index contributed by atoms with van der Waals surface area (Å²) in [6, 6.07) is 25.6. The monoisotopic (exact) mass is 588 g/mol. The number of halogens is 2. The first-order chi connectivity index (χ1) is 20.9. The van der Waals surface area contributed by atoms with Crippen molar-refractivity contribution in [3.63, 3.8) is 0 Å². The van der Waals surface area contributed by atoms with Crippen LogP contribution in [0.2, 0.25) is 0 Å². The summed E-state index contributed by atoms with van der Waals surface area (Å²) in [6.45, 7) is 0.690. The maximum Gasteiger partial charge on any atom is 0.131 e. The summed E-state index contributed by atoms with van der Waals surface area (Å²) in [5.74, 6) is 0.0779. The van der Waals surface area contributed by atoms with Gasteiger partial charge in [0.25, 0.3) is 0 Å². The Labute approximate surface area is 253 Å². The molecular weight excluding hydrogens is 546 g/mol. The van der Waals surface area contributed by atoms with E-state index in [2.05, 4.69) is 5.32 Å². The number of hydrogen-bond donors (Lipinski definition) is 4. The molecule has 2 aliphatic rings. The summed E-state index contributed by atoms with van der Waals surface area (Å²) in [6.07, 6.45) is 7.68. The van der Waals surface area contributed by atoms with Gasteiger partial charge >= 0.3 is 0 Å². The first-order valence-corrected chi connectivity index (χ1v) is 14.9. The number of ether oxygens (including phenoxy) is 1. The zero-order valence-corrected chi connectivity index (χ0v) is 24.7. The summed E-state index contributed by atoms with van der Waals surface area (Å²) in [5.41, 5.74) is 10.6. The normalized spacial score (nSPS) is 14.4. The highest BCUT2D eigenvalue weighted by Gasteiger charge is 2.16. The third-order valence-corrected chi connectivity index (χ3v) is 7.90. The molecule has 0 amide bonds. The van der Waals surface area contributed by atoms with Crippen LogP contribution in [0.5, 0.6) is 5.75 Å². The molecule has 0 saturated heterocycles. The van der Waals surface area contributed by atoms with Gasteiger partial charge < -0.3 is 26.0 Å². The summed E-state index contributed by atoms with van der Waals surface area (Å²) < 4.78 is 32.9. The zero-order chi connectivity index (χ0) is 30.6. The first kappa shape index (κ1) is 32.3. The van der Waals surface area contributed by atoms with Gasteiger partial charge in [0.05, 0.1) is 20.3 Å². The molecule has 0 aliphatic heterocycles. The number of hydrogen-bond acceptors (Lipinski definition) is 5. The molecule has 0 atom stereocenters. The Hall–Kier alpha value is -3.62. The number of aliphatic hydroxyl groups is 2. The molecule has 0 spiro atoms. The molecule has 2 fully saturated rings. The first-order valence-electron chi connectivity index (χ1n) is 14.9. The van der Waals surface area contributed by atoms with Gasteiger partial charge in [-0.2, -0.15) is 0 Å². The van der Waals surface area contributed by atoms with Gasteiger partial charge in [0.2, 0.25) is 0 Å². The smallest absolute Gasteiger partial charge is 0.131 e. The minimum absolute atomic E-state index is 0.0294. The van der Waals surface area contributed by atoms with Crippen molar-refractivity contribution in [2.24, 2.45) is 5.73 Å². The van der Waals surface area contributed by atoms with Crippen molar-refractivity contribution in [1.82, 2.24) is 5.32 Å². The Morgan fingerprint density at radius 1 is 0.721 bits per heavy atom. The number of benzene rings is 4. The molecule has 0 bridgehead atoms. The predicted octanol–water partition coefficient (Wildman–Crippen LogP) is 7.12. The molecule has 7 heteroatoms. The van der Waals surface area contributed by atoms with Crippen molar-refractivity contribution in [3.05, 3.63) is 113 Å². The van der Waals surface area contributed by atoms with E-state index in [-0.39, 0.29) is 24.8 Å². The van der Waals surface area contributed by atoms with Crippen LogP contribution in [-0.4, -0.2) is 29.4 Å². The molecule has 0 unspecified atom stereocenters. The Balaban J connectivity index is 0.000000172. The van der Waals surface area contributed by atoms with Gasteiger partial charge in [0.15, 0.2) is 0 Å². The lowest BCUT2D eigenvalue weighted by atomic mass is 9.93. The molecule has 2 aliphatic carbocycles. The average molecular weight is 589 g/mol. The lowest BCUT2D eigenvalue weighted by Gasteiger charge is -2.26. The molecule has 5 N–H and O–H groups in total. The second-order valence-corrected chi connectivity index (χ2v) is 11.1. The molecule has 4 aromatic carbocycles. The summed E-state index contributed by atoms with van der Waals surface area (Å²) in [7, 11) is 1.54. The third kappa shape index (κ3) is 9.43. The van der Waals surface area contributed by atoms with Crippen molar-refractivity contribution in [2.75, 3.05) is 7.11 Å². The van der Waals surface area contributed by atoms with Crippen LogP contribution in [0, 0.1) is 11.6 Å². The van der Waals surface area contributed by atoms with E-state index in [1.807, 2.05) is 36.4 Å². The molecule has 0 heterocycles. The molecule has 228 valence electrons. The second-order valence-electron chi connectivity index (χ2n) is 11.1. The molecular formula is C36H42F2N2O3. The summed E-state index contributed by atoms with van der Waals surface area (Å²) >= 11 is 0. The maximum atomic E-state index is 14.1. The molecule has 0 radical (unpaired) electrons. The molecule has 0 aromatic heterocycles. The van der Waals surface area contributed by atoms with E-state index in [0.29, 0.717) is 29.0 Å². The Kier molecular flexibility index (Phi) is 12.2. The molecule has 5 nitrogen and oxygen atoms in total. The zero-order valence-electron chi connectivity index (χ0n) is 24.7. The lowest BCUT2D eigenvalue weighted by Crippen LogP contribution is -2.34. The van der Waals surface area contributed by atoms with Crippen LogP contribution in [0.4, 0.5) is 8.78 Å². The van der Waals surface area contributed by atoms with Crippen LogP contribution in [-0.2, 0) is 19.8 Å². The van der Waals surface area contributed by atoms with Crippen LogP contribution in [0.1, 0.15) is 55.2 Å². The summed E-state index contributed by atoms with van der Waals surface area (Å²) in [5, 5.41) is 21.8. The van der Waals surface area contributed by atoms with Gasteiger partial charge in [0.1, 0.15) is 17.4 Å². The number of nitrogens with two attached hydrogens (primary N) is 1. The highest BCUT2D eigenvalue weighted by atomic mass is 19.1. The van der Waals surface area contributed by atoms with Crippen LogP contribution >= 0.6 is 0 Å². The Morgan fingerprint density at radius 3 is 1.72 bits per heavy atom. The van der Waals surface area contributed by atoms with E-state index >= 15 is 0 Å². The van der Waals surface area contributed by atoms with E-state index in [0.717, 1.165) is 34.4 Å². The topological polar surface area (TPSA) is 87.7 Å². The minimum Gasteiger partial charge on any atom is -0.497 e. The highest BCUT2D eigenvalue weighted by molar-refractivity contribution is 5.67. The van der Waals surface area contributed by atoms with Gasteiger partial charge in [-0.15, -0.1) is 0 Å². The second kappa shape index (κ2) is 16.3. The minimum atomic E-state index is -0.305. The van der Waals surface area contributed by atoms with E-state index < -0.39 is 0 Å². The number of methoxy groups -OCH3 is 1. The van der Waals surface area contributed by atoms with E-state index in [1.165, 1.54) is 50.7 Å². The third-order valence-electron chi connectivity index (χ3n) is 7.90. The van der Waals surface area contributed by atoms with Crippen molar-refractivity contribution in [2.45, 2.75) is 70.4 Å². The lowest BCUT2D eigenvalue weighted by molar-refractivity contribution is 0.281. The van der Waals surface area contributed by atoms with Crippen molar-refractivity contribution >= 4 is 0 Å². The van der Waals surface area contributed by atoms with Gasteiger partial charge in [-0.1, -0.05) is 55.3 Å². The average Bonchev–Trinajstić information content (AvgIpc) is 3.01. The van der Waals surface area contributed by atoms with Crippen molar-refractivity contribution in [1.29, 1.82) is 0 Å². The van der Waals surface area contributed by atoms with E-state index in [4.69, 9.17) is 15.6 Å². The SMILES string of the molecule is COc1ccc(F)c(-c2cccc(CO)c2)c1.NC1CCC1.OCc1cccc(-c2cc(CNC3CCC3)ccc2F)c1. The standard InChI is InChI=1S/C18H20FNO.C14H13FO2.C4H9N/c19-18-8-7-13(11-20-16-5-2-6-16)10-17(18)15-4-1-3-14(9-15)12-21;1-17-12-5-6-14(15)13(8-12)11-4-2-3-10(7-11)9-16;5-4-2-1-3-4/h1,3-4,7-10,16,20-21H,2,5-6,11-12H2;2-8,16H,9H2,1H3;4H,1-3,5H2. The molecule has 6 rings (SSSR count). The van der Waals surface area contributed by atoms with Gasteiger partial charge in [-0.05, 0) is 96.0 Å². The van der Waals surface area contributed by atoms with Crippen molar-refractivity contribution in [3.8, 4) is 28.0 Å². The van der Waals surface area contributed by atoms with Gasteiger partial charge in [0, 0.05) is 29.8 Å². The van der Waals surface area contributed by atoms with Gasteiger partial charge in [-0.25, -0.2) is 8.78 Å². The van der Waals surface area contributed by atoms with Crippen molar-refractivity contribution < 1.29 is 23.7 Å².